The van der Waals surface area contributed by atoms with Crippen LogP contribution in [0.5, 0.6) is 0 Å². The van der Waals surface area contributed by atoms with Crippen molar-refractivity contribution in [2.45, 2.75) is 45.9 Å². The zero-order valence-electron chi connectivity index (χ0n) is 13.8. The number of rotatable bonds is 6. The summed E-state index contributed by atoms with van der Waals surface area (Å²) in [5.41, 5.74) is 0. The zero-order chi connectivity index (χ0) is 16.2. The Hall–Kier alpha value is -1.53. The van der Waals surface area contributed by atoms with Gasteiger partial charge in [0.05, 0.1) is 19.3 Å². The van der Waals surface area contributed by atoms with Gasteiger partial charge in [0.1, 0.15) is 11.5 Å². The Labute approximate surface area is 131 Å². The van der Waals surface area contributed by atoms with Crippen molar-refractivity contribution in [3.8, 4) is 0 Å². The van der Waals surface area contributed by atoms with Gasteiger partial charge < -0.3 is 24.5 Å². The highest BCUT2D eigenvalue weighted by Crippen LogP contribution is 2.26. The molecule has 0 aliphatic carbocycles. The van der Waals surface area contributed by atoms with Gasteiger partial charge in [0.2, 0.25) is 0 Å². The molecule has 0 spiro atoms. The first kappa shape index (κ1) is 16.8. The van der Waals surface area contributed by atoms with E-state index in [-0.39, 0.29) is 18.0 Å². The molecule has 1 aliphatic rings. The summed E-state index contributed by atoms with van der Waals surface area (Å²) in [7, 11) is 0. The second-order valence-electron chi connectivity index (χ2n) is 6.16. The summed E-state index contributed by atoms with van der Waals surface area (Å²) in [5.74, 6) is 1.33. The Morgan fingerprint density at radius 1 is 1.32 bits per heavy atom. The number of carbonyl (C=O) groups is 1. The molecule has 0 saturated carbocycles. The highest BCUT2D eigenvalue weighted by molar-refractivity contribution is 5.74. The second-order valence-corrected chi connectivity index (χ2v) is 6.16. The number of urea groups is 1. The van der Waals surface area contributed by atoms with Gasteiger partial charge in [-0.2, -0.15) is 0 Å². The first-order chi connectivity index (χ1) is 10.4. The smallest absolute Gasteiger partial charge is 0.315 e. The first-order valence-corrected chi connectivity index (χ1v) is 7.76. The fraction of sp³-hybridized carbons (Fsp3) is 0.688. The van der Waals surface area contributed by atoms with Crippen LogP contribution in [0, 0.1) is 12.8 Å². The molecule has 1 aliphatic heterocycles. The van der Waals surface area contributed by atoms with E-state index in [1.165, 1.54) is 0 Å². The summed E-state index contributed by atoms with van der Waals surface area (Å²) >= 11 is 0. The fourth-order valence-corrected chi connectivity index (χ4v) is 2.65. The summed E-state index contributed by atoms with van der Waals surface area (Å²) in [4.78, 5) is 11.9. The van der Waals surface area contributed by atoms with Crippen molar-refractivity contribution in [2.75, 3.05) is 19.8 Å². The average molecular weight is 310 g/mol. The molecule has 124 valence electrons. The lowest BCUT2D eigenvalue weighted by atomic mass is 10.0. The number of ether oxygens (including phenoxy) is 2. The van der Waals surface area contributed by atoms with Crippen LogP contribution in [0.3, 0.4) is 0 Å². The molecule has 2 N–H and O–H groups in total. The molecule has 1 aromatic rings. The molecule has 6 heteroatoms. The number of amides is 2. The van der Waals surface area contributed by atoms with Crippen molar-refractivity contribution in [3.63, 3.8) is 0 Å². The van der Waals surface area contributed by atoms with Crippen LogP contribution in [-0.2, 0) is 9.47 Å². The van der Waals surface area contributed by atoms with E-state index in [9.17, 15) is 4.79 Å². The van der Waals surface area contributed by atoms with Crippen LogP contribution in [0.25, 0.3) is 0 Å². The van der Waals surface area contributed by atoms with E-state index in [0.29, 0.717) is 19.8 Å². The molecular formula is C16H26N2O4. The van der Waals surface area contributed by atoms with Gasteiger partial charge >= 0.3 is 6.03 Å². The molecule has 22 heavy (non-hydrogen) atoms. The predicted molar refractivity (Wildman–Crippen MR) is 82.5 cm³/mol. The molecule has 2 atom stereocenters. The van der Waals surface area contributed by atoms with Crippen molar-refractivity contribution in [1.29, 1.82) is 0 Å². The van der Waals surface area contributed by atoms with Gasteiger partial charge in [0.25, 0.3) is 0 Å². The Morgan fingerprint density at radius 2 is 2.00 bits per heavy atom. The monoisotopic (exact) mass is 310 g/mol. The quantitative estimate of drug-likeness (QED) is 0.847. The molecule has 2 rings (SSSR count). The lowest BCUT2D eigenvalue weighted by Crippen LogP contribution is -2.40. The van der Waals surface area contributed by atoms with Crippen LogP contribution in [-0.4, -0.2) is 31.6 Å². The maximum absolute atomic E-state index is 11.9. The van der Waals surface area contributed by atoms with Gasteiger partial charge in [0, 0.05) is 13.0 Å². The van der Waals surface area contributed by atoms with Crippen molar-refractivity contribution in [3.05, 3.63) is 23.7 Å². The molecule has 6 nitrogen and oxygen atoms in total. The molecule has 2 heterocycles. The number of nitrogens with one attached hydrogen (secondary N) is 2. The third kappa shape index (κ3) is 4.74. The van der Waals surface area contributed by atoms with Crippen LogP contribution in [0.2, 0.25) is 0 Å². The van der Waals surface area contributed by atoms with Crippen molar-refractivity contribution in [2.24, 2.45) is 5.92 Å². The minimum atomic E-state index is -0.517. The van der Waals surface area contributed by atoms with E-state index in [0.717, 1.165) is 17.9 Å². The summed E-state index contributed by atoms with van der Waals surface area (Å²) in [5, 5.41) is 5.74. The van der Waals surface area contributed by atoms with Gasteiger partial charge in [-0.25, -0.2) is 4.79 Å². The molecule has 1 aromatic heterocycles. The number of hydrogen-bond donors (Lipinski definition) is 2. The van der Waals surface area contributed by atoms with Crippen LogP contribution >= 0.6 is 0 Å². The number of hydrogen-bond acceptors (Lipinski definition) is 4. The standard InChI is InChI=1S/C16H26N2O4/c1-11(9-16(4)20-7-8-21-16)10-17-15(19)18-13(3)14-6-5-12(2)22-14/h5-6,11,13H,7-10H2,1-4H3,(H2,17,18,19). The van der Waals surface area contributed by atoms with Crippen LogP contribution in [0.15, 0.2) is 16.5 Å². The lowest BCUT2D eigenvalue weighted by molar-refractivity contribution is -0.153. The van der Waals surface area contributed by atoms with E-state index in [2.05, 4.69) is 17.6 Å². The van der Waals surface area contributed by atoms with E-state index >= 15 is 0 Å². The lowest BCUT2D eigenvalue weighted by Gasteiger charge is -2.26. The molecule has 2 unspecified atom stereocenters. The topological polar surface area (TPSA) is 72.7 Å². The Bertz CT molecular complexity index is 494. The van der Waals surface area contributed by atoms with Crippen molar-refractivity contribution < 1.29 is 18.7 Å². The Morgan fingerprint density at radius 3 is 2.59 bits per heavy atom. The van der Waals surface area contributed by atoms with E-state index < -0.39 is 5.79 Å². The van der Waals surface area contributed by atoms with Crippen LogP contribution in [0.4, 0.5) is 4.79 Å². The normalized spacial score (nSPS) is 19.6. The third-order valence-electron chi connectivity index (χ3n) is 3.76. The van der Waals surface area contributed by atoms with Crippen LogP contribution < -0.4 is 10.6 Å². The number of carbonyl (C=O) groups excluding carboxylic acids is 1. The molecule has 1 saturated heterocycles. The molecule has 2 amide bonds. The maximum atomic E-state index is 11.9. The minimum absolute atomic E-state index is 0.164. The summed E-state index contributed by atoms with van der Waals surface area (Å²) < 4.78 is 16.7. The second kappa shape index (κ2) is 7.15. The summed E-state index contributed by atoms with van der Waals surface area (Å²) in [6.07, 6.45) is 0.750. The average Bonchev–Trinajstić information content (AvgIpc) is 3.05. The van der Waals surface area contributed by atoms with Gasteiger partial charge in [-0.05, 0) is 38.8 Å². The number of furan rings is 1. The Balaban J connectivity index is 1.70. The predicted octanol–water partition coefficient (Wildman–Crippen LogP) is 2.74. The molecule has 0 aromatic carbocycles. The third-order valence-corrected chi connectivity index (χ3v) is 3.76. The van der Waals surface area contributed by atoms with Gasteiger partial charge in [0.15, 0.2) is 5.79 Å². The summed E-state index contributed by atoms with van der Waals surface area (Å²) in [6.45, 7) is 9.62. The van der Waals surface area contributed by atoms with Gasteiger partial charge in [-0.3, -0.25) is 0 Å². The maximum Gasteiger partial charge on any atom is 0.315 e. The SMILES string of the molecule is Cc1ccc(C(C)NC(=O)NCC(C)CC2(C)OCCO2)o1. The molecular weight excluding hydrogens is 284 g/mol. The van der Waals surface area contributed by atoms with Crippen molar-refractivity contribution in [1.82, 2.24) is 10.6 Å². The zero-order valence-corrected chi connectivity index (χ0v) is 13.8. The van der Waals surface area contributed by atoms with Crippen molar-refractivity contribution >= 4 is 6.03 Å². The highest BCUT2D eigenvalue weighted by Gasteiger charge is 2.32. The molecule has 0 radical (unpaired) electrons. The highest BCUT2D eigenvalue weighted by atomic mass is 16.7. The molecule has 1 fully saturated rings. The van der Waals surface area contributed by atoms with E-state index in [1.54, 1.807) is 0 Å². The minimum Gasteiger partial charge on any atom is -0.464 e. The fourth-order valence-electron chi connectivity index (χ4n) is 2.65. The largest absolute Gasteiger partial charge is 0.464 e. The van der Waals surface area contributed by atoms with Crippen LogP contribution in [0.1, 0.15) is 44.8 Å². The first-order valence-electron chi connectivity index (χ1n) is 7.76. The molecule has 0 bridgehead atoms. The van der Waals surface area contributed by atoms with E-state index in [4.69, 9.17) is 13.9 Å². The number of aryl methyl sites for hydroxylation is 1. The Kier molecular flexibility index (Phi) is 5.47. The van der Waals surface area contributed by atoms with Gasteiger partial charge in [-0.1, -0.05) is 6.92 Å². The summed E-state index contributed by atoms with van der Waals surface area (Å²) in [6, 6.07) is 3.39. The van der Waals surface area contributed by atoms with E-state index in [1.807, 2.05) is 32.9 Å². The van der Waals surface area contributed by atoms with Gasteiger partial charge in [-0.15, -0.1) is 0 Å².